The van der Waals surface area contributed by atoms with Gasteiger partial charge in [-0.2, -0.15) is 0 Å². The second-order valence-electron chi connectivity index (χ2n) is 4.25. The lowest BCUT2D eigenvalue weighted by Crippen LogP contribution is -1.75. The minimum absolute atomic E-state index is 0.257. The molecule has 3 aromatic rings. The molecule has 0 aromatic heterocycles. The van der Waals surface area contributed by atoms with E-state index in [0.29, 0.717) is 0 Å². The van der Waals surface area contributed by atoms with Gasteiger partial charge in [-0.05, 0) is 35.4 Å². The van der Waals surface area contributed by atoms with Crippen LogP contribution in [0.15, 0.2) is 84.9 Å². The summed E-state index contributed by atoms with van der Waals surface area (Å²) in [5.74, 6) is 0.514. The molecule has 0 aliphatic heterocycles. The molecule has 2 N–H and O–H groups in total. The van der Waals surface area contributed by atoms with Gasteiger partial charge in [-0.25, -0.2) is 0 Å². The van der Waals surface area contributed by atoms with Gasteiger partial charge in [0.15, 0.2) is 0 Å². The normalized spacial score (nSPS) is 9.40. The summed E-state index contributed by atoms with van der Waals surface area (Å²) in [6, 6.07) is 25.9. The van der Waals surface area contributed by atoms with E-state index in [1.165, 1.54) is 0 Å². The fourth-order valence-electron chi connectivity index (χ4n) is 1.69. The lowest BCUT2D eigenvalue weighted by atomic mass is 10.1. The van der Waals surface area contributed by atoms with Crippen molar-refractivity contribution in [3.63, 3.8) is 0 Å². The van der Waals surface area contributed by atoms with Crippen molar-refractivity contribution in [2.75, 3.05) is 0 Å². The zero-order valence-corrected chi connectivity index (χ0v) is 11.0. The van der Waals surface area contributed by atoms with Crippen molar-refractivity contribution in [2.24, 2.45) is 0 Å². The van der Waals surface area contributed by atoms with Gasteiger partial charge >= 0.3 is 0 Å². The minimum atomic E-state index is 0.257. The van der Waals surface area contributed by atoms with E-state index in [0.717, 1.165) is 11.1 Å². The Morgan fingerprint density at radius 1 is 0.400 bits per heavy atom. The van der Waals surface area contributed by atoms with Crippen LogP contribution in [0.3, 0.4) is 0 Å². The van der Waals surface area contributed by atoms with Crippen molar-refractivity contribution in [1.29, 1.82) is 0 Å². The molecule has 0 unspecified atom stereocenters. The number of aromatic hydroxyl groups is 2. The largest absolute Gasteiger partial charge is 0.508 e. The molecule has 0 aliphatic rings. The first-order valence-electron chi connectivity index (χ1n) is 6.34. The van der Waals surface area contributed by atoms with Crippen LogP contribution in [0.2, 0.25) is 0 Å². The van der Waals surface area contributed by atoms with Crippen LogP contribution in [0, 0.1) is 0 Å². The van der Waals surface area contributed by atoms with Crippen LogP contribution in [0.1, 0.15) is 0 Å². The lowest BCUT2D eigenvalue weighted by Gasteiger charge is -2.01. The zero-order valence-electron chi connectivity index (χ0n) is 11.0. The van der Waals surface area contributed by atoms with Crippen LogP contribution in [0.25, 0.3) is 11.1 Å². The highest BCUT2D eigenvalue weighted by atomic mass is 16.3. The van der Waals surface area contributed by atoms with Crippen molar-refractivity contribution >= 4 is 0 Å². The fraction of sp³-hybridized carbons (Fsp3) is 0. The quantitative estimate of drug-likeness (QED) is 0.681. The molecular formula is C18H16O2. The van der Waals surface area contributed by atoms with Gasteiger partial charge in [-0.1, -0.05) is 60.7 Å². The molecule has 0 bridgehead atoms. The second kappa shape index (κ2) is 7.00. The highest BCUT2D eigenvalue weighted by Crippen LogP contribution is 2.23. The monoisotopic (exact) mass is 264 g/mol. The van der Waals surface area contributed by atoms with E-state index in [-0.39, 0.29) is 11.5 Å². The van der Waals surface area contributed by atoms with E-state index in [2.05, 4.69) is 0 Å². The van der Waals surface area contributed by atoms with Crippen molar-refractivity contribution in [3.05, 3.63) is 84.9 Å². The maximum Gasteiger partial charge on any atom is 0.115 e. The molecule has 0 fully saturated rings. The predicted octanol–water partition coefficient (Wildman–Crippen LogP) is 4.45. The number of hydrogen-bond donors (Lipinski definition) is 2. The van der Waals surface area contributed by atoms with E-state index >= 15 is 0 Å². The van der Waals surface area contributed by atoms with Gasteiger partial charge in [0, 0.05) is 0 Å². The fourth-order valence-corrected chi connectivity index (χ4v) is 1.69. The minimum Gasteiger partial charge on any atom is -0.508 e. The first-order valence-corrected chi connectivity index (χ1v) is 6.34. The molecule has 3 rings (SSSR count). The Labute approximate surface area is 118 Å². The summed E-state index contributed by atoms with van der Waals surface area (Å²) >= 11 is 0. The number of rotatable bonds is 1. The highest BCUT2D eigenvalue weighted by molar-refractivity contribution is 5.64. The summed E-state index contributed by atoms with van der Waals surface area (Å²) in [5, 5.41) is 18.2. The van der Waals surface area contributed by atoms with Gasteiger partial charge in [0.2, 0.25) is 0 Å². The first kappa shape index (κ1) is 13.7. The number of phenolic OH excluding ortho intramolecular Hbond substituents is 2. The first-order chi connectivity index (χ1) is 9.75. The standard InChI is InChI=1S/C12H10O2.C6H6/c13-11-5-1-9(2-6-11)10-3-7-12(14)8-4-10;1-2-4-6-5-3-1/h1-8,13-14H;1-6H. The van der Waals surface area contributed by atoms with Crippen LogP contribution in [-0.2, 0) is 0 Å². The van der Waals surface area contributed by atoms with E-state index < -0.39 is 0 Å². The predicted molar refractivity (Wildman–Crippen MR) is 81.6 cm³/mol. The summed E-state index contributed by atoms with van der Waals surface area (Å²) < 4.78 is 0. The van der Waals surface area contributed by atoms with Gasteiger partial charge in [0.05, 0.1) is 0 Å². The van der Waals surface area contributed by atoms with E-state index in [9.17, 15) is 0 Å². The molecule has 0 saturated heterocycles. The van der Waals surface area contributed by atoms with Gasteiger partial charge < -0.3 is 10.2 Å². The van der Waals surface area contributed by atoms with Gasteiger partial charge in [-0.3, -0.25) is 0 Å². The summed E-state index contributed by atoms with van der Waals surface area (Å²) in [5.41, 5.74) is 2.03. The molecule has 100 valence electrons. The van der Waals surface area contributed by atoms with Crippen molar-refractivity contribution in [1.82, 2.24) is 0 Å². The number of hydrogen-bond acceptors (Lipinski definition) is 2. The summed E-state index contributed by atoms with van der Waals surface area (Å²) in [6.45, 7) is 0. The van der Waals surface area contributed by atoms with Crippen molar-refractivity contribution in [3.8, 4) is 22.6 Å². The molecule has 2 heteroatoms. The summed E-state index contributed by atoms with van der Waals surface area (Å²) in [6.07, 6.45) is 0. The molecule has 20 heavy (non-hydrogen) atoms. The zero-order chi connectivity index (χ0) is 14.2. The molecular weight excluding hydrogens is 248 g/mol. The van der Waals surface area contributed by atoms with Crippen molar-refractivity contribution in [2.45, 2.75) is 0 Å². The van der Waals surface area contributed by atoms with E-state index in [1.54, 1.807) is 24.3 Å². The Bertz CT molecular complexity index is 544. The third kappa shape index (κ3) is 4.18. The Kier molecular flexibility index (Phi) is 4.79. The molecule has 0 saturated carbocycles. The topological polar surface area (TPSA) is 40.5 Å². The molecule has 2 nitrogen and oxygen atoms in total. The van der Waals surface area contributed by atoms with Gasteiger partial charge in [-0.15, -0.1) is 0 Å². The molecule has 0 aliphatic carbocycles. The van der Waals surface area contributed by atoms with Crippen LogP contribution >= 0.6 is 0 Å². The molecule has 0 heterocycles. The average Bonchev–Trinajstić information content (AvgIpc) is 2.51. The third-order valence-electron chi connectivity index (χ3n) is 2.73. The second-order valence-corrected chi connectivity index (χ2v) is 4.25. The Morgan fingerprint density at radius 3 is 0.900 bits per heavy atom. The van der Waals surface area contributed by atoms with E-state index in [4.69, 9.17) is 10.2 Å². The molecule has 0 atom stereocenters. The average molecular weight is 264 g/mol. The molecule has 0 radical (unpaired) electrons. The molecule has 3 aromatic carbocycles. The Morgan fingerprint density at radius 2 is 0.650 bits per heavy atom. The van der Waals surface area contributed by atoms with E-state index in [1.807, 2.05) is 60.7 Å². The number of benzene rings is 3. The third-order valence-corrected chi connectivity index (χ3v) is 2.73. The summed E-state index contributed by atoms with van der Waals surface area (Å²) in [4.78, 5) is 0. The smallest absolute Gasteiger partial charge is 0.115 e. The van der Waals surface area contributed by atoms with Crippen molar-refractivity contribution < 1.29 is 10.2 Å². The maximum absolute atomic E-state index is 9.11. The summed E-state index contributed by atoms with van der Waals surface area (Å²) in [7, 11) is 0. The van der Waals surface area contributed by atoms with Crippen LogP contribution in [0.4, 0.5) is 0 Å². The Balaban J connectivity index is 0.000000205. The van der Waals surface area contributed by atoms with Gasteiger partial charge in [0.25, 0.3) is 0 Å². The maximum atomic E-state index is 9.11. The molecule has 0 spiro atoms. The SMILES string of the molecule is Oc1ccc(-c2ccc(O)cc2)cc1.c1ccccc1. The highest BCUT2D eigenvalue weighted by Gasteiger charge is 1.96. The van der Waals surface area contributed by atoms with Crippen LogP contribution in [-0.4, -0.2) is 10.2 Å². The molecule has 0 amide bonds. The Hall–Kier alpha value is -2.74. The van der Waals surface area contributed by atoms with Gasteiger partial charge in [0.1, 0.15) is 11.5 Å². The lowest BCUT2D eigenvalue weighted by molar-refractivity contribution is 0.474. The number of phenols is 2. The van der Waals surface area contributed by atoms with Crippen LogP contribution in [0.5, 0.6) is 11.5 Å². The van der Waals surface area contributed by atoms with Crippen LogP contribution < -0.4 is 0 Å².